The minimum atomic E-state index is 0.136. The quantitative estimate of drug-likeness (QED) is 0.731. The average molecular weight is 408 g/mol. The molecule has 5 nitrogen and oxygen atoms in total. The summed E-state index contributed by atoms with van der Waals surface area (Å²) in [5, 5.41) is 3.15. The van der Waals surface area contributed by atoms with Gasteiger partial charge in [-0.1, -0.05) is 49.4 Å². The molecule has 1 amide bonds. The first-order valence-electron chi connectivity index (χ1n) is 11.2. The van der Waals surface area contributed by atoms with Crippen molar-refractivity contribution in [3.05, 3.63) is 65.2 Å². The number of nitrogens with one attached hydrogen (secondary N) is 1. The Balaban J connectivity index is 1.18. The van der Waals surface area contributed by atoms with E-state index in [-0.39, 0.29) is 5.91 Å². The SMILES string of the molecule is CC[C@@H](CNC(=O)CN1CCN(Cc2ccc3c(c2)CCO3)CC1)c1ccccc1. The van der Waals surface area contributed by atoms with Crippen molar-refractivity contribution < 1.29 is 9.53 Å². The van der Waals surface area contributed by atoms with E-state index in [9.17, 15) is 4.79 Å². The molecular formula is C25H33N3O2. The van der Waals surface area contributed by atoms with Crippen LogP contribution in [-0.4, -0.2) is 61.6 Å². The lowest BCUT2D eigenvalue weighted by atomic mass is 9.96. The van der Waals surface area contributed by atoms with Crippen LogP contribution in [0.2, 0.25) is 0 Å². The highest BCUT2D eigenvalue weighted by atomic mass is 16.5. The molecule has 2 aromatic rings. The molecule has 1 N–H and O–H groups in total. The van der Waals surface area contributed by atoms with Crippen molar-refractivity contribution in [3.63, 3.8) is 0 Å². The summed E-state index contributed by atoms with van der Waals surface area (Å²) in [6.07, 6.45) is 2.05. The molecule has 2 heterocycles. The fraction of sp³-hybridized carbons (Fsp3) is 0.480. The van der Waals surface area contributed by atoms with E-state index in [4.69, 9.17) is 4.74 Å². The van der Waals surface area contributed by atoms with Gasteiger partial charge in [0.15, 0.2) is 0 Å². The van der Waals surface area contributed by atoms with Crippen LogP contribution >= 0.6 is 0 Å². The number of piperazine rings is 1. The molecule has 1 fully saturated rings. The highest BCUT2D eigenvalue weighted by molar-refractivity contribution is 5.78. The van der Waals surface area contributed by atoms with Gasteiger partial charge in [-0.2, -0.15) is 0 Å². The van der Waals surface area contributed by atoms with Gasteiger partial charge in [-0.15, -0.1) is 0 Å². The lowest BCUT2D eigenvalue weighted by Gasteiger charge is -2.34. The molecular weight excluding hydrogens is 374 g/mol. The van der Waals surface area contributed by atoms with E-state index in [1.54, 1.807) is 0 Å². The Morgan fingerprint density at radius 1 is 1.07 bits per heavy atom. The predicted octanol–water partition coefficient (Wildman–Crippen LogP) is 3.05. The smallest absolute Gasteiger partial charge is 0.234 e. The first-order valence-corrected chi connectivity index (χ1v) is 11.2. The maximum Gasteiger partial charge on any atom is 0.234 e. The number of benzene rings is 2. The number of rotatable bonds is 8. The Morgan fingerprint density at radius 2 is 1.83 bits per heavy atom. The van der Waals surface area contributed by atoms with Crippen molar-refractivity contribution >= 4 is 5.91 Å². The van der Waals surface area contributed by atoms with E-state index in [0.29, 0.717) is 19.0 Å². The second-order valence-electron chi connectivity index (χ2n) is 8.41. The zero-order valence-electron chi connectivity index (χ0n) is 18.0. The summed E-state index contributed by atoms with van der Waals surface area (Å²) in [6.45, 7) is 9.06. The number of amides is 1. The molecule has 0 aromatic heterocycles. The summed E-state index contributed by atoms with van der Waals surface area (Å²) in [5.41, 5.74) is 3.99. The minimum Gasteiger partial charge on any atom is -0.493 e. The van der Waals surface area contributed by atoms with E-state index < -0.39 is 0 Å². The van der Waals surface area contributed by atoms with Gasteiger partial charge in [0, 0.05) is 51.6 Å². The Morgan fingerprint density at radius 3 is 2.60 bits per heavy atom. The van der Waals surface area contributed by atoms with Crippen LogP contribution in [0.4, 0.5) is 0 Å². The molecule has 0 radical (unpaired) electrons. The molecule has 0 saturated carbocycles. The second kappa shape index (κ2) is 10.1. The molecule has 160 valence electrons. The molecule has 0 unspecified atom stereocenters. The monoisotopic (exact) mass is 407 g/mol. The van der Waals surface area contributed by atoms with Crippen LogP contribution in [0.1, 0.15) is 36.0 Å². The molecule has 0 spiro atoms. The molecule has 30 heavy (non-hydrogen) atoms. The van der Waals surface area contributed by atoms with Gasteiger partial charge < -0.3 is 10.1 Å². The van der Waals surface area contributed by atoms with Gasteiger partial charge in [-0.25, -0.2) is 0 Å². The fourth-order valence-corrected chi connectivity index (χ4v) is 4.42. The molecule has 0 aliphatic carbocycles. The normalized spacial score (nSPS) is 17.9. The van der Waals surface area contributed by atoms with Gasteiger partial charge in [-0.3, -0.25) is 14.6 Å². The second-order valence-corrected chi connectivity index (χ2v) is 8.41. The van der Waals surface area contributed by atoms with E-state index in [1.807, 2.05) is 6.07 Å². The first kappa shape index (κ1) is 20.9. The first-order chi connectivity index (χ1) is 14.7. The molecule has 0 bridgehead atoms. The Kier molecular flexibility index (Phi) is 7.03. The number of carbonyl (C=O) groups excluding carboxylic acids is 1. The topological polar surface area (TPSA) is 44.8 Å². The third-order valence-electron chi connectivity index (χ3n) is 6.30. The average Bonchev–Trinajstić information content (AvgIpc) is 3.24. The number of hydrogen-bond donors (Lipinski definition) is 1. The van der Waals surface area contributed by atoms with Crippen molar-refractivity contribution in [1.29, 1.82) is 0 Å². The Hall–Kier alpha value is -2.37. The van der Waals surface area contributed by atoms with E-state index in [0.717, 1.165) is 57.9 Å². The van der Waals surface area contributed by atoms with Crippen LogP contribution in [0.5, 0.6) is 5.75 Å². The maximum absolute atomic E-state index is 12.5. The zero-order valence-corrected chi connectivity index (χ0v) is 18.0. The summed E-state index contributed by atoms with van der Waals surface area (Å²) in [5.74, 6) is 1.56. The molecule has 2 aliphatic heterocycles. The van der Waals surface area contributed by atoms with Crippen molar-refractivity contribution in [3.8, 4) is 5.75 Å². The third kappa shape index (κ3) is 5.41. The summed E-state index contributed by atoms with van der Waals surface area (Å²) in [4.78, 5) is 17.2. The van der Waals surface area contributed by atoms with Gasteiger partial charge in [-0.05, 0) is 29.2 Å². The Bertz CT molecular complexity index is 832. The summed E-state index contributed by atoms with van der Waals surface area (Å²) in [7, 11) is 0. The molecule has 1 atom stereocenters. The lowest BCUT2D eigenvalue weighted by Crippen LogP contribution is -2.49. The minimum absolute atomic E-state index is 0.136. The van der Waals surface area contributed by atoms with Crippen LogP contribution in [0.25, 0.3) is 0 Å². The highest BCUT2D eigenvalue weighted by Crippen LogP contribution is 2.26. The van der Waals surface area contributed by atoms with Crippen LogP contribution in [-0.2, 0) is 17.8 Å². The van der Waals surface area contributed by atoms with Crippen LogP contribution in [0, 0.1) is 0 Å². The van der Waals surface area contributed by atoms with E-state index in [2.05, 4.69) is 64.5 Å². The highest BCUT2D eigenvalue weighted by Gasteiger charge is 2.20. The van der Waals surface area contributed by atoms with E-state index >= 15 is 0 Å². The number of carbonyl (C=O) groups is 1. The fourth-order valence-electron chi connectivity index (χ4n) is 4.42. The van der Waals surface area contributed by atoms with Gasteiger partial charge in [0.1, 0.15) is 5.75 Å². The van der Waals surface area contributed by atoms with Crippen molar-refractivity contribution in [1.82, 2.24) is 15.1 Å². The zero-order chi connectivity index (χ0) is 20.8. The molecule has 1 saturated heterocycles. The summed E-state index contributed by atoms with van der Waals surface area (Å²) < 4.78 is 5.60. The maximum atomic E-state index is 12.5. The summed E-state index contributed by atoms with van der Waals surface area (Å²) in [6, 6.07) is 17.0. The van der Waals surface area contributed by atoms with Crippen LogP contribution in [0.15, 0.2) is 48.5 Å². The van der Waals surface area contributed by atoms with Gasteiger partial charge in [0.25, 0.3) is 0 Å². The number of fused-ring (bicyclic) bond motifs is 1. The lowest BCUT2D eigenvalue weighted by molar-refractivity contribution is -0.122. The molecule has 2 aliphatic rings. The van der Waals surface area contributed by atoms with Gasteiger partial charge in [0.2, 0.25) is 5.91 Å². The van der Waals surface area contributed by atoms with Gasteiger partial charge >= 0.3 is 0 Å². The molecule has 2 aromatic carbocycles. The third-order valence-corrected chi connectivity index (χ3v) is 6.30. The van der Waals surface area contributed by atoms with Gasteiger partial charge in [0.05, 0.1) is 13.2 Å². The molecule has 4 rings (SSSR count). The predicted molar refractivity (Wildman–Crippen MR) is 120 cm³/mol. The number of nitrogens with zero attached hydrogens (tertiary/aromatic N) is 2. The Labute approximate surface area is 180 Å². The van der Waals surface area contributed by atoms with Crippen LogP contribution in [0.3, 0.4) is 0 Å². The van der Waals surface area contributed by atoms with E-state index in [1.165, 1.54) is 16.7 Å². The van der Waals surface area contributed by atoms with Crippen LogP contribution < -0.4 is 10.1 Å². The van der Waals surface area contributed by atoms with Crippen molar-refractivity contribution in [2.75, 3.05) is 45.9 Å². The number of ether oxygens (including phenoxy) is 1. The molecule has 5 heteroatoms. The standard InChI is InChI=1S/C25H33N3O2/c1-2-21(22-6-4-3-5-7-22)17-26-25(29)19-28-13-11-27(12-14-28)18-20-8-9-24-23(16-20)10-15-30-24/h3-9,16,21H,2,10-15,17-19H2,1H3,(H,26,29)/t21-/m0/s1. The largest absolute Gasteiger partial charge is 0.493 e. The van der Waals surface area contributed by atoms with Crippen molar-refractivity contribution in [2.24, 2.45) is 0 Å². The summed E-state index contributed by atoms with van der Waals surface area (Å²) >= 11 is 0. The van der Waals surface area contributed by atoms with Crippen molar-refractivity contribution in [2.45, 2.75) is 32.2 Å². The number of hydrogen-bond acceptors (Lipinski definition) is 4.